The van der Waals surface area contributed by atoms with E-state index in [4.69, 9.17) is 5.73 Å². The summed E-state index contributed by atoms with van der Waals surface area (Å²) in [5.74, 6) is 0. The van der Waals surface area contributed by atoms with Gasteiger partial charge in [0.05, 0.1) is 17.4 Å². The summed E-state index contributed by atoms with van der Waals surface area (Å²) in [5.41, 5.74) is 10.5. The highest BCUT2D eigenvalue weighted by Crippen LogP contribution is 2.24. The van der Waals surface area contributed by atoms with Gasteiger partial charge in [0.25, 0.3) is 0 Å². The van der Waals surface area contributed by atoms with E-state index in [0.717, 1.165) is 23.5 Å². The maximum atomic E-state index is 6.25. The lowest BCUT2D eigenvalue weighted by molar-refractivity contribution is 0.603. The molecular formula is C11H17BrN6. The first kappa shape index (κ1) is 13.2. The highest BCUT2D eigenvalue weighted by Gasteiger charge is 2.20. The van der Waals surface area contributed by atoms with Gasteiger partial charge in [-0.2, -0.15) is 5.10 Å². The van der Waals surface area contributed by atoms with Gasteiger partial charge in [-0.15, -0.1) is 5.10 Å². The molecule has 0 aliphatic carbocycles. The molecule has 0 aromatic carbocycles. The Morgan fingerprint density at radius 1 is 1.28 bits per heavy atom. The third-order valence-electron chi connectivity index (χ3n) is 3.26. The van der Waals surface area contributed by atoms with Gasteiger partial charge < -0.3 is 5.73 Å². The minimum Gasteiger partial charge on any atom is -0.322 e. The molecule has 1 atom stereocenters. The lowest BCUT2D eigenvalue weighted by Crippen LogP contribution is -2.18. The van der Waals surface area contributed by atoms with E-state index in [0.29, 0.717) is 4.60 Å². The molecule has 7 heteroatoms. The third kappa shape index (κ3) is 2.20. The molecule has 0 amide bonds. The van der Waals surface area contributed by atoms with Crippen molar-refractivity contribution in [3.63, 3.8) is 0 Å². The summed E-state index contributed by atoms with van der Waals surface area (Å²) >= 11 is 3.38. The average Bonchev–Trinajstić information content (AvgIpc) is 2.74. The largest absolute Gasteiger partial charge is 0.322 e. The number of halogens is 1. The van der Waals surface area contributed by atoms with Crippen molar-refractivity contribution in [1.82, 2.24) is 24.8 Å². The Hall–Kier alpha value is -1.21. The zero-order chi connectivity index (χ0) is 13.4. The maximum absolute atomic E-state index is 6.25. The Labute approximate surface area is 114 Å². The molecular weight excluding hydrogens is 296 g/mol. The van der Waals surface area contributed by atoms with Gasteiger partial charge in [-0.05, 0) is 41.8 Å². The van der Waals surface area contributed by atoms with E-state index in [9.17, 15) is 0 Å². The first-order chi connectivity index (χ1) is 8.41. The van der Waals surface area contributed by atoms with E-state index < -0.39 is 0 Å². The highest BCUT2D eigenvalue weighted by atomic mass is 79.9. The van der Waals surface area contributed by atoms with Crippen LogP contribution in [0.15, 0.2) is 4.60 Å². The van der Waals surface area contributed by atoms with Gasteiger partial charge >= 0.3 is 0 Å². The highest BCUT2D eigenvalue weighted by molar-refractivity contribution is 9.10. The molecule has 0 saturated heterocycles. The zero-order valence-corrected chi connectivity index (χ0v) is 12.6. The van der Waals surface area contributed by atoms with Crippen LogP contribution < -0.4 is 5.73 Å². The molecule has 2 rings (SSSR count). The molecule has 2 aromatic heterocycles. The Kier molecular flexibility index (Phi) is 3.54. The van der Waals surface area contributed by atoms with Crippen LogP contribution in [0.2, 0.25) is 0 Å². The molecule has 0 bridgehead atoms. The fourth-order valence-electron chi connectivity index (χ4n) is 2.16. The van der Waals surface area contributed by atoms with Crippen LogP contribution in [0.3, 0.4) is 0 Å². The summed E-state index contributed by atoms with van der Waals surface area (Å²) in [7, 11) is 3.79. The minimum atomic E-state index is -0.152. The second-order valence-corrected chi connectivity index (χ2v) is 5.22. The molecule has 98 valence electrons. The lowest BCUT2D eigenvalue weighted by Gasteiger charge is -2.12. The summed E-state index contributed by atoms with van der Waals surface area (Å²) in [4.78, 5) is 0. The molecule has 0 saturated carbocycles. The molecule has 0 aliphatic rings. The van der Waals surface area contributed by atoms with Crippen LogP contribution in [0.25, 0.3) is 0 Å². The molecule has 0 aliphatic heterocycles. The van der Waals surface area contributed by atoms with Gasteiger partial charge in [0.1, 0.15) is 0 Å². The van der Waals surface area contributed by atoms with Gasteiger partial charge in [0, 0.05) is 19.8 Å². The summed E-state index contributed by atoms with van der Waals surface area (Å²) < 4.78 is 4.29. The smallest absolute Gasteiger partial charge is 0.153 e. The first-order valence-corrected chi connectivity index (χ1v) is 6.50. The number of hydrogen-bond donors (Lipinski definition) is 1. The van der Waals surface area contributed by atoms with Crippen LogP contribution in [-0.4, -0.2) is 24.8 Å². The van der Waals surface area contributed by atoms with E-state index >= 15 is 0 Å². The van der Waals surface area contributed by atoms with Crippen LogP contribution in [0.4, 0.5) is 0 Å². The topological polar surface area (TPSA) is 74.6 Å². The van der Waals surface area contributed by atoms with Crippen LogP contribution in [-0.2, 0) is 20.5 Å². The summed E-state index contributed by atoms with van der Waals surface area (Å²) in [5, 5.41) is 12.3. The third-order valence-corrected chi connectivity index (χ3v) is 3.83. The fourth-order valence-corrected chi connectivity index (χ4v) is 2.78. The molecule has 0 fully saturated rings. The SMILES string of the molecule is Cc1nn(C)c(C)c1CC(N)c1c(Br)nnn1C. The molecule has 0 radical (unpaired) electrons. The van der Waals surface area contributed by atoms with Crippen molar-refractivity contribution in [1.29, 1.82) is 0 Å². The van der Waals surface area contributed by atoms with Gasteiger partial charge in [0.15, 0.2) is 4.60 Å². The Morgan fingerprint density at radius 3 is 2.39 bits per heavy atom. The van der Waals surface area contributed by atoms with E-state index in [1.165, 1.54) is 5.56 Å². The van der Waals surface area contributed by atoms with E-state index in [1.807, 2.05) is 25.7 Å². The maximum Gasteiger partial charge on any atom is 0.153 e. The molecule has 0 spiro atoms. The van der Waals surface area contributed by atoms with Crippen molar-refractivity contribution in [2.24, 2.45) is 19.8 Å². The molecule has 2 N–H and O–H groups in total. The normalized spacial score (nSPS) is 13.0. The van der Waals surface area contributed by atoms with Gasteiger partial charge in [-0.3, -0.25) is 4.68 Å². The monoisotopic (exact) mass is 312 g/mol. The lowest BCUT2D eigenvalue weighted by atomic mass is 10.0. The van der Waals surface area contributed by atoms with Crippen LogP contribution >= 0.6 is 15.9 Å². The summed E-state index contributed by atoms with van der Waals surface area (Å²) in [6, 6.07) is -0.152. The predicted octanol–water partition coefficient (Wildman–Crippen LogP) is 1.17. The minimum absolute atomic E-state index is 0.152. The first-order valence-electron chi connectivity index (χ1n) is 5.71. The summed E-state index contributed by atoms with van der Waals surface area (Å²) in [6.07, 6.45) is 0.727. The number of nitrogens with two attached hydrogens (primary N) is 1. The fraction of sp³-hybridized carbons (Fsp3) is 0.545. The zero-order valence-electron chi connectivity index (χ0n) is 11.0. The Balaban J connectivity index is 2.29. The average molecular weight is 313 g/mol. The van der Waals surface area contributed by atoms with Crippen molar-refractivity contribution >= 4 is 15.9 Å². The quantitative estimate of drug-likeness (QED) is 0.923. The Bertz CT molecular complexity index is 551. The van der Waals surface area contributed by atoms with Crippen LogP contribution in [0.1, 0.15) is 28.7 Å². The van der Waals surface area contributed by atoms with Crippen molar-refractivity contribution in [2.75, 3.05) is 0 Å². The number of nitrogens with zero attached hydrogens (tertiary/aromatic N) is 5. The van der Waals surface area contributed by atoms with Crippen molar-refractivity contribution in [3.05, 3.63) is 27.2 Å². The number of aryl methyl sites for hydroxylation is 3. The molecule has 18 heavy (non-hydrogen) atoms. The molecule has 2 aromatic rings. The second-order valence-electron chi connectivity index (χ2n) is 4.47. The van der Waals surface area contributed by atoms with Crippen LogP contribution in [0.5, 0.6) is 0 Å². The standard InChI is InChI=1S/C11H17BrN6/c1-6-8(7(2)17(3)15-6)5-9(13)10-11(12)14-16-18(10)4/h9H,5,13H2,1-4H3. The van der Waals surface area contributed by atoms with Crippen molar-refractivity contribution in [3.8, 4) is 0 Å². The summed E-state index contributed by atoms with van der Waals surface area (Å²) in [6.45, 7) is 4.06. The number of aromatic nitrogens is 5. The van der Waals surface area contributed by atoms with Gasteiger partial charge in [0.2, 0.25) is 0 Å². The van der Waals surface area contributed by atoms with Crippen molar-refractivity contribution < 1.29 is 0 Å². The second kappa shape index (κ2) is 4.81. The van der Waals surface area contributed by atoms with E-state index in [1.54, 1.807) is 4.68 Å². The van der Waals surface area contributed by atoms with Gasteiger partial charge in [-0.25, -0.2) is 4.68 Å². The molecule has 6 nitrogen and oxygen atoms in total. The number of rotatable bonds is 3. The van der Waals surface area contributed by atoms with E-state index in [2.05, 4.69) is 38.3 Å². The molecule has 2 heterocycles. The predicted molar refractivity (Wildman–Crippen MR) is 72.0 cm³/mol. The Morgan fingerprint density at radius 2 is 1.94 bits per heavy atom. The van der Waals surface area contributed by atoms with Crippen molar-refractivity contribution in [2.45, 2.75) is 26.3 Å². The van der Waals surface area contributed by atoms with E-state index in [-0.39, 0.29) is 6.04 Å². The van der Waals surface area contributed by atoms with Crippen LogP contribution in [0, 0.1) is 13.8 Å². The number of hydrogen-bond acceptors (Lipinski definition) is 4. The molecule has 1 unspecified atom stereocenters. The van der Waals surface area contributed by atoms with Gasteiger partial charge in [-0.1, -0.05) is 5.21 Å².